The van der Waals surface area contributed by atoms with Gasteiger partial charge in [-0.15, -0.1) is 0 Å². The number of benzene rings is 3. The standard InChI is InChI=1S/C30H30Cl2N2O6/c1-6-33(7-2)18-11-9-17(10-12-18)25-23(26(36)19-15-20(31)29(40-5)24(32)28(19)39-4)27(37)30(38)34(25)21-14-16(3)8-13-22(21)35/h8-15,25,35-36H,6-7H2,1-5H3/b26-23+. The van der Waals surface area contributed by atoms with Crippen molar-refractivity contribution in [3.05, 3.63) is 80.8 Å². The molecule has 1 heterocycles. The minimum atomic E-state index is -1.08. The SMILES string of the molecule is CCN(CC)c1ccc(C2/C(=C(\O)c3cc(Cl)c(OC)c(Cl)c3OC)C(=O)C(=O)N2c2cc(C)ccc2O)cc1. The van der Waals surface area contributed by atoms with Crippen LogP contribution in [0.25, 0.3) is 5.76 Å². The highest BCUT2D eigenvalue weighted by molar-refractivity contribution is 6.52. The molecule has 1 fully saturated rings. The first-order chi connectivity index (χ1) is 19.1. The number of halogens is 2. The smallest absolute Gasteiger partial charge is 0.300 e. The molecule has 210 valence electrons. The molecule has 0 radical (unpaired) electrons. The van der Waals surface area contributed by atoms with E-state index >= 15 is 0 Å². The van der Waals surface area contributed by atoms with E-state index in [9.17, 15) is 19.8 Å². The minimum absolute atomic E-state index is 0.00882. The van der Waals surface area contributed by atoms with Gasteiger partial charge in [0.1, 0.15) is 16.5 Å². The van der Waals surface area contributed by atoms with Gasteiger partial charge in [-0.05, 0) is 62.2 Å². The van der Waals surface area contributed by atoms with Crippen molar-refractivity contribution in [2.24, 2.45) is 0 Å². The predicted octanol–water partition coefficient (Wildman–Crippen LogP) is 6.50. The quantitative estimate of drug-likeness (QED) is 0.177. The molecule has 1 aliphatic heterocycles. The predicted molar refractivity (Wildman–Crippen MR) is 157 cm³/mol. The van der Waals surface area contributed by atoms with Gasteiger partial charge < -0.3 is 24.6 Å². The Morgan fingerprint density at radius 2 is 1.60 bits per heavy atom. The van der Waals surface area contributed by atoms with Gasteiger partial charge in [-0.1, -0.05) is 41.4 Å². The summed E-state index contributed by atoms with van der Waals surface area (Å²) in [5, 5.41) is 22.4. The molecule has 0 aromatic heterocycles. The fraction of sp³-hybridized carbons (Fsp3) is 0.267. The molecule has 1 atom stereocenters. The summed E-state index contributed by atoms with van der Waals surface area (Å²) < 4.78 is 10.7. The van der Waals surface area contributed by atoms with Gasteiger partial charge in [-0.25, -0.2) is 0 Å². The third kappa shape index (κ3) is 4.93. The lowest BCUT2D eigenvalue weighted by Crippen LogP contribution is -2.29. The molecule has 1 saturated heterocycles. The molecule has 1 aliphatic rings. The minimum Gasteiger partial charge on any atom is -0.507 e. The average Bonchev–Trinajstić information content (AvgIpc) is 3.20. The summed E-state index contributed by atoms with van der Waals surface area (Å²) >= 11 is 12.8. The highest BCUT2D eigenvalue weighted by Crippen LogP contribution is 2.49. The van der Waals surface area contributed by atoms with E-state index in [-0.39, 0.29) is 44.1 Å². The van der Waals surface area contributed by atoms with Crippen molar-refractivity contribution in [2.45, 2.75) is 26.8 Å². The monoisotopic (exact) mass is 584 g/mol. The molecule has 3 aromatic rings. The summed E-state index contributed by atoms with van der Waals surface area (Å²) in [5.41, 5.74) is 2.20. The highest BCUT2D eigenvalue weighted by atomic mass is 35.5. The Labute approximate surface area is 242 Å². The Morgan fingerprint density at radius 1 is 0.975 bits per heavy atom. The number of ketones is 1. The van der Waals surface area contributed by atoms with E-state index in [4.69, 9.17) is 32.7 Å². The molecule has 4 rings (SSSR count). The summed E-state index contributed by atoms with van der Waals surface area (Å²) in [6.45, 7) is 7.49. The first-order valence-corrected chi connectivity index (χ1v) is 13.4. The number of anilines is 2. The van der Waals surface area contributed by atoms with E-state index < -0.39 is 23.5 Å². The van der Waals surface area contributed by atoms with Crippen LogP contribution in [0.1, 0.15) is 36.6 Å². The van der Waals surface area contributed by atoms with Crippen LogP contribution in [-0.2, 0) is 9.59 Å². The Balaban J connectivity index is 2.01. The van der Waals surface area contributed by atoms with Gasteiger partial charge in [-0.2, -0.15) is 0 Å². The van der Waals surface area contributed by atoms with Crippen molar-refractivity contribution in [3.8, 4) is 17.2 Å². The Morgan fingerprint density at radius 3 is 2.17 bits per heavy atom. The first kappa shape index (κ1) is 29.1. The maximum absolute atomic E-state index is 13.6. The lowest BCUT2D eigenvalue weighted by molar-refractivity contribution is -0.132. The lowest BCUT2D eigenvalue weighted by Gasteiger charge is -2.27. The van der Waals surface area contributed by atoms with Crippen LogP contribution in [0.2, 0.25) is 10.0 Å². The van der Waals surface area contributed by atoms with Crippen molar-refractivity contribution in [1.82, 2.24) is 0 Å². The largest absolute Gasteiger partial charge is 0.507 e. The molecule has 0 bridgehead atoms. The zero-order valence-electron chi connectivity index (χ0n) is 22.8. The van der Waals surface area contributed by atoms with Crippen LogP contribution in [0.15, 0.2) is 54.1 Å². The van der Waals surface area contributed by atoms with Crippen LogP contribution >= 0.6 is 23.2 Å². The summed E-state index contributed by atoms with van der Waals surface area (Å²) in [5.74, 6) is -2.43. The van der Waals surface area contributed by atoms with Crippen LogP contribution in [0, 0.1) is 6.92 Å². The topological polar surface area (TPSA) is 99.5 Å². The molecule has 0 saturated carbocycles. The maximum atomic E-state index is 13.6. The number of hydrogen-bond acceptors (Lipinski definition) is 7. The number of amides is 1. The normalized spacial score (nSPS) is 16.4. The average molecular weight is 585 g/mol. The number of Topliss-reactive ketones (excluding diaryl/α,β-unsaturated/α-hetero) is 1. The second-order valence-electron chi connectivity index (χ2n) is 9.21. The summed E-state index contributed by atoms with van der Waals surface area (Å²) in [6, 6.07) is 12.4. The molecule has 0 spiro atoms. The Kier molecular flexibility index (Phi) is 8.51. The summed E-state index contributed by atoms with van der Waals surface area (Å²) in [7, 11) is 2.73. The zero-order valence-corrected chi connectivity index (χ0v) is 24.3. The number of nitrogens with zero attached hydrogens (tertiary/aromatic N) is 2. The molecule has 10 heteroatoms. The molecule has 1 amide bonds. The van der Waals surface area contributed by atoms with Gasteiger partial charge >= 0.3 is 0 Å². The summed E-state index contributed by atoms with van der Waals surface area (Å²) in [4.78, 5) is 30.5. The van der Waals surface area contributed by atoms with Crippen molar-refractivity contribution >= 4 is 52.0 Å². The van der Waals surface area contributed by atoms with E-state index in [0.29, 0.717) is 5.56 Å². The second-order valence-corrected chi connectivity index (χ2v) is 10.00. The maximum Gasteiger partial charge on any atom is 0.300 e. The van der Waals surface area contributed by atoms with Crippen LogP contribution < -0.4 is 19.3 Å². The Bertz CT molecular complexity index is 1500. The van der Waals surface area contributed by atoms with Crippen LogP contribution in [0.5, 0.6) is 17.2 Å². The second kappa shape index (κ2) is 11.7. The van der Waals surface area contributed by atoms with Gasteiger partial charge in [0, 0.05) is 18.8 Å². The fourth-order valence-corrected chi connectivity index (χ4v) is 5.66. The van der Waals surface area contributed by atoms with Gasteiger partial charge in [0.25, 0.3) is 11.7 Å². The van der Waals surface area contributed by atoms with E-state index in [1.165, 1.54) is 31.3 Å². The lowest BCUT2D eigenvalue weighted by atomic mass is 9.94. The summed E-state index contributed by atoms with van der Waals surface area (Å²) in [6.07, 6.45) is 0. The molecule has 2 N–H and O–H groups in total. The zero-order chi connectivity index (χ0) is 29.3. The number of rotatable bonds is 8. The first-order valence-electron chi connectivity index (χ1n) is 12.6. The van der Waals surface area contributed by atoms with Crippen molar-refractivity contribution in [1.29, 1.82) is 0 Å². The van der Waals surface area contributed by atoms with E-state index in [0.717, 1.165) is 24.3 Å². The van der Waals surface area contributed by atoms with Gasteiger partial charge in [0.15, 0.2) is 11.5 Å². The molecule has 3 aromatic carbocycles. The molecule has 8 nitrogen and oxygen atoms in total. The van der Waals surface area contributed by atoms with Crippen LogP contribution in [0.4, 0.5) is 11.4 Å². The molecular weight excluding hydrogens is 555 g/mol. The number of phenols is 1. The van der Waals surface area contributed by atoms with Gasteiger partial charge in [-0.3, -0.25) is 14.5 Å². The number of carbonyl (C=O) groups is 2. The van der Waals surface area contributed by atoms with E-state index in [1.807, 2.05) is 26.0 Å². The number of aromatic hydroxyl groups is 1. The number of ether oxygens (including phenoxy) is 2. The van der Waals surface area contributed by atoms with E-state index in [1.54, 1.807) is 31.2 Å². The van der Waals surface area contributed by atoms with Gasteiger partial charge in [0.2, 0.25) is 0 Å². The van der Waals surface area contributed by atoms with Gasteiger partial charge in [0.05, 0.1) is 42.1 Å². The van der Waals surface area contributed by atoms with Crippen molar-refractivity contribution < 1.29 is 29.3 Å². The third-order valence-corrected chi connectivity index (χ3v) is 7.59. The third-order valence-electron chi connectivity index (χ3n) is 6.97. The van der Waals surface area contributed by atoms with Crippen LogP contribution in [-0.4, -0.2) is 49.2 Å². The number of carbonyl (C=O) groups excluding carboxylic acids is 2. The van der Waals surface area contributed by atoms with Crippen molar-refractivity contribution in [2.75, 3.05) is 37.1 Å². The Hall–Kier alpha value is -3.88. The highest BCUT2D eigenvalue weighted by Gasteiger charge is 2.48. The van der Waals surface area contributed by atoms with Crippen molar-refractivity contribution in [3.63, 3.8) is 0 Å². The van der Waals surface area contributed by atoms with Crippen LogP contribution in [0.3, 0.4) is 0 Å². The molecule has 0 aliphatic carbocycles. The number of aliphatic hydroxyl groups excluding tert-OH is 1. The fourth-order valence-electron chi connectivity index (χ4n) is 4.97. The number of aryl methyl sites for hydroxylation is 1. The number of phenolic OH excluding ortho intramolecular Hbond substituents is 1. The number of aliphatic hydroxyl groups is 1. The van der Waals surface area contributed by atoms with E-state index in [2.05, 4.69) is 4.90 Å². The molecule has 1 unspecified atom stereocenters. The number of hydrogen-bond donors (Lipinski definition) is 2. The molecule has 40 heavy (non-hydrogen) atoms. The number of methoxy groups -OCH3 is 2. The molecular formula is C30H30Cl2N2O6.